The number of aliphatic hydroxyl groups is 9. The number of ether oxygens (including phenoxy) is 6. The van der Waals surface area contributed by atoms with Crippen LogP contribution in [0, 0.1) is 0 Å². The van der Waals surface area contributed by atoms with Crippen molar-refractivity contribution in [3.8, 4) is 40.1 Å². The molecule has 6 unspecified atom stereocenters. The second-order valence-electron chi connectivity index (χ2n) is 13.7. The van der Waals surface area contributed by atoms with Crippen LogP contribution in [-0.4, -0.2) is 171 Å². The summed E-state index contributed by atoms with van der Waals surface area (Å²) in [6.07, 6.45) is -24.7. The van der Waals surface area contributed by atoms with E-state index in [4.69, 9.17) is 32.8 Å². The van der Waals surface area contributed by atoms with Crippen LogP contribution in [0.25, 0.3) is 22.3 Å². The minimum absolute atomic E-state index is 0.108. The predicted molar refractivity (Wildman–Crippen MR) is 177 cm³/mol. The first-order chi connectivity index (χ1) is 25.9. The van der Waals surface area contributed by atoms with E-state index in [1.165, 1.54) is 13.0 Å². The van der Waals surface area contributed by atoms with Gasteiger partial charge in [-0.1, -0.05) is 0 Å². The molecule has 1 aromatic heterocycles. The van der Waals surface area contributed by atoms with Crippen LogP contribution in [0.5, 0.6) is 28.7 Å². The maximum Gasteiger partial charge on any atom is 0.239 e. The van der Waals surface area contributed by atoms with Crippen molar-refractivity contribution >= 4 is 11.0 Å². The van der Waals surface area contributed by atoms with Gasteiger partial charge < -0.3 is 99.2 Å². The summed E-state index contributed by atoms with van der Waals surface area (Å²) in [5.74, 6) is -6.28. The number of aliphatic hydroxyl groups excluding tert-OH is 9. The summed E-state index contributed by atoms with van der Waals surface area (Å²) in [6, 6.07) is 5.05. The molecule has 6 rings (SSSR count). The van der Waals surface area contributed by atoms with Gasteiger partial charge in [-0.15, -0.1) is 0 Å². The molecular formula is C34H42O21. The lowest BCUT2D eigenvalue weighted by Crippen LogP contribution is -2.69. The summed E-state index contributed by atoms with van der Waals surface area (Å²) >= 11 is 0. The molecule has 3 fully saturated rings. The predicted octanol–water partition coefficient (Wildman–Crippen LogP) is -3.47. The molecule has 4 heterocycles. The number of hydrogen-bond acceptors (Lipinski definition) is 21. The molecule has 0 amide bonds. The zero-order valence-corrected chi connectivity index (χ0v) is 29.0. The van der Waals surface area contributed by atoms with E-state index in [2.05, 4.69) is 0 Å². The van der Waals surface area contributed by atoms with Crippen molar-refractivity contribution in [2.45, 2.75) is 105 Å². The molecule has 55 heavy (non-hydrogen) atoms. The van der Waals surface area contributed by atoms with Crippen molar-refractivity contribution in [1.82, 2.24) is 0 Å². The summed E-state index contributed by atoms with van der Waals surface area (Å²) < 4.78 is 40.3. The van der Waals surface area contributed by atoms with E-state index in [-0.39, 0.29) is 11.1 Å². The highest BCUT2D eigenvalue weighted by atomic mass is 16.8. The van der Waals surface area contributed by atoms with Crippen molar-refractivity contribution in [2.24, 2.45) is 0 Å². The Morgan fingerprint density at radius 2 is 1.42 bits per heavy atom. The van der Waals surface area contributed by atoms with E-state index in [9.17, 15) is 71.2 Å². The van der Waals surface area contributed by atoms with Gasteiger partial charge in [0.25, 0.3) is 0 Å². The topological polar surface area (TPSA) is 349 Å². The van der Waals surface area contributed by atoms with Gasteiger partial charge in [-0.3, -0.25) is 4.79 Å². The molecule has 3 aliphatic heterocycles. The third-order valence-electron chi connectivity index (χ3n) is 9.78. The number of hydrogen-bond donors (Lipinski definition) is 13. The standard InChI is InChI=1S/C34H42O21/c1-10-20(40)23(43)25(45)32(50-10)49-9-18-29(53-33-26(46)24(44)21(41)17(8-35)52-33)27(47)31(48)34(2,54-18)55-30-22(42)19-15(39)6-12(36)7-16(19)51-28(30)11-3-4-13(37)14(38)5-11/h3-7,10,17-18,20-21,23-27,29,31-33,35-41,43-48H,8-9H2,1-2H3/t10?,17?,18?,20-,21+,23-,24+,25?,26?,27+,29+,31?,32+,33-,34-/m0/s1. The van der Waals surface area contributed by atoms with E-state index in [1.807, 2.05) is 0 Å². The Balaban J connectivity index is 1.40. The molecule has 2 aromatic carbocycles. The molecule has 0 aliphatic carbocycles. The quantitative estimate of drug-likeness (QED) is 0.0937. The van der Waals surface area contributed by atoms with Crippen LogP contribution in [-0.2, 0) is 23.7 Å². The van der Waals surface area contributed by atoms with Crippen LogP contribution < -0.4 is 10.2 Å². The number of phenolic OH excluding ortho intramolecular Hbond substituents is 4. The molecule has 0 saturated carbocycles. The Bertz CT molecular complexity index is 1900. The van der Waals surface area contributed by atoms with E-state index in [0.717, 1.165) is 31.2 Å². The molecule has 304 valence electrons. The van der Waals surface area contributed by atoms with Crippen LogP contribution in [0.3, 0.4) is 0 Å². The smallest absolute Gasteiger partial charge is 0.239 e. The van der Waals surface area contributed by atoms with Crippen LogP contribution in [0.1, 0.15) is 13.8 Å². The number of fused-ring (bicyclic) bond motifs is 1. The average molecular weight is 787 g/mol. The third-order valence-corrected chi connectivity index (χ3v) is 9.78. The van der Waals surface area contributed by atoms with Gasteiger partial charge in [-0.05, 0) is 25.1 Å². The highest BCUT2D eigenvalue weighted by molar-refractivity contribution is 5.88. The molecule has 3 saturated heterocycles. The molecular weight excluding hydrogens is 744 g/mol. The van der Waals surface area contributed by atoms with Gasteiger partial charge >= 0.3 is 0 Å². The van der Waals surface area contributed by atoms with Gasteiger partial charge in [-0.2, -0.15) is 0 Å². The largest absolute Gasteiger partial charge is 0.508 e. The molecule has 21 heteroatoms. The van der Waals surface area contributed by atoms with E-state index >= 15 is 0 Å². The van der Waals surface area contributed by atoms with Gasteiger partial charge in [0.05, 0.1) is 19.3 Å². The fourth-order valence-electron chi connectivity index (χ4n) is 6.62. The highest BCUT2D eigenvalue weighted by Gasteiger charge is 2.57. The Morgan fingerprint density at radius 3 is 2.09 bits per heavy atom. The number of benzene rings is 2. The summed E-state index contributed by atoms with van der Waals surface area (Å²) in [6.45, 7) is 0.824. The molecule has 0 spiro atoms. The zero-order valence-electron chi connectivity index (χ0n) is 29.0. The zero-order chi connectivity index (χ0) is 40.3. The van der Waals surface area contributed by atoms with Gasteiger partial charge in [0.1, 0.15) is 89.6 Å². The van der Waals surface area contributed by atoms with E-state index in [1.54, 1.807) is 0 Å². The molecule has 15 atom stereocenters. The first kappa shape index (κ1) is 40.7. The lowest BCUT2D eigenvalue weighted by Gasteiger charge is -2.50. The molecule has 0 bridgehead atoms. The third kappa shape index (κ3) is 7.52. The first-order valence-electron chi connectivity index (χ1n) is 16.9. The average Bonchev–Trinajstić information content (AvgIpc) is 3.14. The van der Waals surface area contributed by atoms with Crippen molar-refractivity contribution in [1.29, 1.82) is 0 Å². The lowest BCUT2D eigenvalue weighted by molar-refractivity contribution is -0.379. The Hall–Kier alpha value is -3.91. The SMILES string of the molecule is CC1O[C@@H](OCC2O[C@@](C)(Oc3c(-c4ccc(O)c(O)c4)oc4cc(O)cc(O)c4c3=O)C(O)[C@H](O)[C@@H]2O[C@@H]2OC(CO)[C@@H](O)[C@@H](O)C2O)C(O)[C@@H](O)[C@H]1O. The molecule has 21 nitrogen and oxygen atoms in total. The normalized spacial score (nSPS) is 38.2. The first-order valence-corrected chi connectivity index (χ1v) is 16.9. The van der Waals surface area contributed by atoms with Crippen LogP contribution in [0.2, 0.25) is 0 Å². The van der Waals surface area contributed by atoms with Crippen LogP contribution in [0.15, 0.2) is 39.5 Å². The van der Waals surface area contributed by atoms with E-state index < -0.39 is 150 Å². The number of phenols is 4. The summed E-state index contributed by atoms with van der Waals surface area (Å²) in [7, 11) is 0. The number of aromatic hydroxyl groups is 4. The maximum atomic E-state index is 14.0. The van der Waals surface area contributed by atoms with Gasteiger partial charge in [0.2, 0.25) is 17.0 Å². The van der Waals surface area contributed by atoms with Crippen molar-refractivity contribution in [2.75, 3.05) is 13.2 Å². The Labute approximate surface area is 309 Å². The summed E-state index contributed by atoms with van der Waals surface area (Å²) in [5.41, 5.74) is -1.58. The van der Waals surface area contributed by atoms with Crippen molar-refractivity contribution in [3.63, 3.8) is 0 Å². The van der Waals surface area contributed by atoms with Crippen molar-refractivity contribution < 1.29 is 99.2 Å². The molecule has 3 aromatic rings. The highest BCUT2D eigenvalue weighted by Crippen LogP contribution is 2.42. The fraction of sp³-hybridized carbons (Fsp3) is 0.559. The number of rotatable bonds is 9. The van der Waals surface area contributed by atoms with Gasteiger partial charge in [0, 0.05) is 24.6 Å². The van der Waals surface area contributed by atoms with Crippen LogP contribution >= 0.6 is 0 Å². The maximum absolute atomic E-state index is 14.0. The van der Waals surface area contributed by atoms with Crippen LogP contribution in [0.4, 0.5) is 0 Å². The molecule has 0 radical (unpaired) electrons. The second kappa shape index (κ2) is 15.6. The fourth-order valence-corrected chi connectivity index (χ4v) is 6.62. The summed E-state index contributed by atoms with van der Waals surface area (Å²) in [4.78, 5) is 14.0. The lowest BCUT2D eigenvalue weighted by atomic mass is 9.92. The Morgan fingerprint density at radius 1 is 0.745 bits per heavy atom. The molecule has 3 aliphatic rings. The minimum atomic E-state index is -2.53. The minimum Gasteiger partial charge on any atom is -0.508 e. The molecule has 13 N–H and O–H groups in total. The monoisotopic (exact) mass is 786 g/mol. The van der Waals surface area contributed by atoms with E-state index in [0.29, 0.717) is 0 Å². The Kier molecular flexibility index (Phi) is 11.5. The van der Waals surface area contributed by atoms with Gasteiger partial charge in [-0.25, -0.2) is 0 Å². The van der Waals surface area contributed by atoms with Crippen molar-refractivity contribution in [3.05, 3.63) is 40.6 Å². The summed E-state index contributed by atoms with van der Waals surface area (Å²) in [5, 5.41) is 135. The van der Waals surface area contributed by atoms with Gasteiger partial charge in [0.15, 0.2) is 29.8 Å². The second-order valence-corrected chi connectivity index (χ2v) is 13.7.